The summed E-state index contributed by atoms with van der Waals surface area (Å²) in [4.78, 5) is 38.1. The van der Waals surface area contributed by atoms with Crippen molar-refractivity contribution in [1.29, 1.82) is 0 Å². The maximum Gasteiger partial charge on any atom is 0.410 e. The van der Waals surface area contributed by atoms with Gasteiger partial charge in [-0.1, -0.05) is 24.3 Å². The molecule has 1 saturated heterocycles. The van der Waals surface area contributed by atoms with Gasteiger partial charge in [-0.25, -0.2) is 4.79 Å². The van der Waals surface area contributed by atoms with Crippen molar-refractivity contribution in [2.75, 3.05) is 25.5 Å². The average molecular weight is 617 g/mol. The lowest BCUT2D eigenvalue weighted by Crippen LogP contribution is -2.44. The SMILES string of the molecule is COc1ccc(/C=C/C(=O)Nc2ccccc2COc2ccc(OC3CCN(C(=O)OC(C)(C)C)CC3)cc2)cc1OC(C)=O. The van der Waals surface area contributed by atoms with Crippen molar-refractivity contribution in [2.45, 2.75) is 58.8 Å². The zero-order chi connectivity index (χ0) is 32.4. The van der Waals surface area contributed by atoms with E-state index >= 15 is 0 Å². The highest BCUT2D eigenvalue weighted by atomic mass is 16.6. The number of methoxy groups -OCH3 is 1. The van der Waals surface area contributed by atoms with Gasteiger partial charge >= 0.3 is 12.1 Å². The van der Waals surface area contributed by atoms with E-state index in [-0.39, 0.29) is 30.5 Å². The number of ether oxygens (including phenoxy) is 5. The highest BCUT2D eigenvalue weighted by molar-refractivity contribution is 6.02. The number of nitrogens with zero attached hydrogens (tertiary/aromatic N) is 1. The molecular formula is C35H40N2O8. The summed E-state index contributed by atoms with van der Waals surface area (Å²) in [5.74, 6) is 1.28. The number of benzene rings is 3. The molecule has 45 heavy (non-hydrogen) atoms. The van der Waals surface area contributed by atoms with E-state index in [0.717, 1.165) is 24.2 Å². The van der Waals surface area contributed by atoms with Crippen molar-refractivity contribution in [3.8, 4) is 23.0 Å². The maximum absolute atomic E-state index is 12.7. The summed E-state index contributed by atoms with van der Waals surface area (Å²) in [6.45, 7) is 8.31. The predicted octanol–water partition coefficient (Wildman–Crippen LogP) is 6.63. The molecule has 3 aromatic rings. The number of carbonyl (C=O) groups excluding carboxylic acids is 3. The smallest absolute Gasteiger partial charge is 0.410 e. The Hall–Kier alpha value is -4.99. The van der Waals surface area contributed by atoms with Gasteiger partial charge in [0.2, 0.25) is 5.91 Å². The molecule has 0 unspecified atom stereocenters. The minimum absolute atomic E-state index is 0.0145. The Morgan fingerprint density at radius 3 is 2.29 bits per heavy atom. The van der Waals surface area contributed by atoms with Crippen LogP contribution in [0.3, 0.4) is 0 Å². The molecule has 0 saturated carbocycles. The summed E-state index contributed by atoms with van der Waals surface area (Å²) >= 11 is 0. The van der Waals surface area contributed by atoms with Crippen LogP contribution in [-0.2, 0) is 20.9 Å². The van der Waals surface area contributed by atoms with Crippen LogP contribution in [0.4, 0.5) is 10.5 Å². The summed E-state index contributed by atoms with van der Waals surface area (Å²) in [6, 6.07) is 19.9. The van der Waals surface area contributed by atoms with E-state index in [9.17, 15) is 14.4 Å². The van der Waals surface area contributed by atoms with Crippen molar-refractivity contribution >= 4 is 29.7 Å². The van der Waals surface area contributed by atoms with Crippen LogP contribution >= 0.6 is 0 Å². The van der Waals surface area contributed by atoms with Gasteiger partial charge in [-0.3, -0.25) is 9.59 Å². The number of rotatable bonds is 10. The highest BCUT2D eigenvalue weighted by Gasteiger charge is 2.27. The van der Waals surface area contributed by atoms with E-state index in [4.69, 9.17) is 23.7 Å². The van der Waals surface area contributed by atoms with Gasteiger partial charge in [0.1, 0.15) is 29.8 Å². The Morgan fingerprint density at radius 2 is 1.62 bits per heavy atom. The second-order valence-corrected chi connectivity index (χ2v) is 11.5. The van der Waals surface area contributed by atoms with Crippen LogP contribution < -0.4 is 24.3 Å². The lowest BCUT2D eigenvalue weighted by Gasteiger charge is -2.33. The van der Waals surface area contributed by atoms with Crippen LogP contribution in [0.25, 0.3) is 6.08 Å². The molecular weight excluding hydrogens is 576 g/mol. The molecule has 0 atom stereocenters. The highest BCUT2D eigenvalue weighted by Crippen LogP contribution is 2.29. The summed E-state index contributed by atoms with van der Waals surface area (Å²) in [6.07, 6.45) is 4.20. The summed E-state index contributed by atoms with van der Waals surface area (Å²) in [5, 5.41) is 2.89. The second-order valence-electron chi connectivity index (χ2n) is 11.5. The maximum atomic E-state index is 12.7. The first kappa shape index (κ1) is 32.9. The lowest BCUT2D eigenvalue weighted by atomic mass is 10.1. The van der Waals surface area contributed by atoms with Crippen LogP contribution in [0, 0.1) is 0 Å². The van der Waals surface area contributed by atoms with Gasteiger partial charge in [0.25, 0.3) is 0 Å². The topological polar surface area (TPSA) is 113 Å². The van der Waals surface area contributed by atoms with Gasteiger partial charge < -0.3 is 33.9 Å². The van der Waals surface area contributed by atoms with Crippen molar-refractivity contribution in [3.05, 3.63) is 83.9 Å². The molecule has 0 aromatic heterocycles. The molecule has 4 rings (SSSR count). The molecule has 3 aromatic carbocycles. The zero-order valence-electron chi connectivity index (χ0n) is 26.3. The van der Waals surface area contributed by atoms with Gasteiger partial charge in [0.15, 0.2) is 11.5 Å². The number of hydrogen-bond donors (Lipinski definition) is 1. The molecule has 1 fully saturated rings. The van der Waals surface area contributed by atoms with Crippen LogP contribution in [0.1, 0.15) is 51.7 Å². The van der Waals surface area contributed by atoms with Crippen molar-refractivity contribution < 1.29 is 38.1 Å². The standard InChI is InChI=1S/C35H40N2O8/c1-24(38)43-32-22-25(10-16-31(32)41-5)11-17-33(39)36-30-9-7-6-8-26(30)23-42-27-12-14-28(15-13-27)44-29-18-20-37(21-19-29)34(40)45-35(2,3)4/h6-17,22,29H,18-21,23H2,1-5H3,(H,36,39)/b17-11+. The van der Waals surface area contributed by atoms with Gasteiger partial charge in [0.05, 0.1) is 7.11 Å². The summed E-state index contributed by atoms with van der Waals surface area (Å²) < 4.78 is 28.0. The molecule has 2 amide bonds. The Balaban J connectivity index is 1.27. The van der Waals surface area contributed by atoms with E-state index in [1.54, 1.807) is 29.2 Å². The largest absolute Gasteiger partial charge is 0.493 e. The number of anilines is 1. The van der Waals surface area contributed by atoms with Crippen LogP contribution in [-0.4, -0.2) is 54.8 Å². The molecule has 1 aliphatic heterocycles. The second kappa shape index (κ2) is 15.1. The minimum Gasteiger partial charge on any atom is -0.493 e. The monoisotopic (exact) mass is 616 g/mol. The van der Waals surface area contributed by atoms with Crippen LogP contribution in [0.15, 0.2) is 72.8 Å². The van der Waals surface area contributed by atoms with E-state index < -0.39 is 11.6 Å². The van der Waals surface area contributed by atoms with Crippen LogP contribution in [0.2, 0.25) is 0 Å². The van der Waals surface area contributed by atoms with Gasteiger partial charge in [-0.05, 0) is 74.9 Å². The van der Waals surface area contributed by atoms with E-state index in [1.165, 1.54) is 20.1 Å². The van der Waals surface area contributed by atoms with E-state index in [0.29, 0.717) is 35.8 Å². The third-order valence-corrected chi connectivity index (χ3v) is 6.76. The first-order chi connectivity index (χ1) is 21.5. The lowest BCUT2D eigenvalue weighted by molar-refractivity contribution is -0.132. The van der Waals surface area contributed by atoms with E-state index in [2.05, 4.69) is 5.32 Å². The van der Waals surface area contributed by atoms with Crippen molar-refractivity contribution in [1.82, 2.24) is 4.90 Å². The molecule has 0 bridgehead atoms. The first-order valence-corrected chi connectivity index (χ1v) is 14.8. The summed E-state index contributed by atoms with van der Waals surface area (Å²) in [5.41, 5.74) is 1.58. The molecule has 1 N–H and O–H groups in total. The van der Waals surface area contributed by atoms with Crippen molar-refractivity contribution in [3.63, 3.8) is 0 Å². The molecule has 0 radical (unpaired) electrons. The van der Waals surface area contributed by atoms with Crippen LogP contribution in [0.5, 0.6) is 23.0 Å². The Kier molecular flexibility index (Phi) is 11.1. The van der Waals surface area contributed by atoms with Gasteiger partial charge in [0, 0.05) is 50.2 Å². The molecule has 0 spiro atoms. The Bertz CT molecular complexity index is 1500. The molecule has 10 nitrogen and oxygen atoms in total. The minimum atomic E-state index is -0.514. The Morgan fingerprint density at radius 1 is 0.933 bits per heavy atom. The van der Waals surface area contributed by atoms with Gasteiger partial charge in [-0.15, -0.1) is 0 Å². The number of piperidine rings is 1. The third-order valence-electron chi connectivity index (χ3n) is 6.76. The number of para-hydroxylation sites is 1. The number of nitrogens with one attached hydrogen (secondary N) is 1. The number of likely N-dealkylation sites (tertiary alicyclic amines) is 1. The number of hydrogen-bond acceptors (Lipinski definition) is 8. The van der Waals surface area contributed by atoms with E-state index in [1.807, 2.05) is 69.3 Å². The summed E-state index contributed by atoms with van der Waals surface area (Å²) in [7, 11) is 1.48. The molecule has 1 aliphatic rings. The van der Waals surface area contributed by atoms with Gasteiger partial charge in [-0.2, -0.15) is 0 Å². The molecule has 10 heteroatoms. The normalized spacial score (nSPS) is 13.7. The van der Waals surface area contributed by atoms with Crippen molar-refractivity contribution in [2.24, 2.45) is 0 Å². The quantitative estimate of drug-likeness (QED) is 0.154. The molecule has 1 heterocycles. The number of carbonyl (C=O) groups is 3. The predicted molar refractivity (Wildman–Crippen MR) is 171 cm³/mol. The Labute approximate surface area is 263 Å². The zero-order valence-corrected chi connectivity index (χ0v) is 26.3. The fourth-order valence-electron chi connectivity index (χ4n) is 4.60. The fraction of sp³-hybridized carbons (Fsp3) is 0.343. The average Bonchev–Trinajstić information content (AvgIpc) is 2.99. The fourth-order valence-corrected chi connectivity index (χ4v) is 4.60. The number of esters is 1. The number of amides is 2. The third kappa shape index (κ3) is 10.3. The first-order valence-electron chi connectivity index (χ1n) is 14.8. The molecule has 238 valence electrons. The molecule has 0 aliphatic carbocycles.